The van der Waals surface area contributed by atoms with Crippen LogP contribution in [0.4, 0.5) is 13.2 Å². The summed E-state index contributed by atoms with van der Waals surface area (Å²) in [4.78, 5) is 20.0. The van der Waals surface area contributed by atoms with Crippen LogP contribution in [0.1, 0.15) is 56.1 Å². The molecule has 1 aliphatic carbocycles. The summed E-state index contributed by atoms with van der Waals surface area (Å²) in [6, 6.07) is 9.24. The molecular formula is C30H37ClF3N3O. The van der Waals surface area contributed by atoms with Gasteiger partial charge in [0.2, 0.25) is 5.91 Å². The number of amides is 1. The summed E-state index contributed by atoms with van der Waals surface area (Å²) < 4.78 is 42.4. The van der Waals surface area contributed by atoms with E-state index in [0.717, 1.165) is 50.7 Å². The Hall–Kier alpha value is -2.09. The second-order valence-electron chi connectivity index (χ2n) is 11.3. The predicted octanol–water partition coefficient (Wildman–Crippen LogP) is 5.81. The topological polar surface area (TPSA) is 26.8 Å². The molecule has 0 spiro atoms. The zero-order valence-electron chi connectivity index (χ0n) is 21.9. The molecule has 0 radical (unpaired) electrons. The van der Waals surface area contributed by atoms with Crippen molar-refractivity contribution in [2.24, 2.45) is 0 Å². The van der Waals surface area contributed by atoms with Crippen LogP contribution in [0, 0.1) is 17.5 Å². The first kappa shape index (κ1) is 27.5. The van der Waals surface area contributed by atoms with Crippen molar-refractivity contribution in [1.82, 2.24) is 14.7 Å². The summed E-state index contributed by atoms with van der Waals surface area (Å²) in [5, 5.41) is 0.233. The Morgan fingerprint density at radius 1 is 0.921 bits per heavy atom. The second kappa shape index (κ2) is 12.0. The maximum absolute atomic E-state index is 14.3. The van der Waals surface area contributed by atoms with E-state index in [1.807, 2.05) is 0 Å². The highest BCUT2D eigenvalue weighted by Gasteiger charge is 2.42. The molecule has 2 aromatic rings. The molecule has 2 aromatic carbocycles. The molecule has 0 bridgehead atoms. The molecule has 206 valence electrons. The molecule has 8 heteroatoms. The smallest absolute Gasteiger partial charge is 0.227 e. The molecule has 0 N–H and O–H groups in total. The van der Waals surface area contributed by atoms with E-state index in [0.29, 0.717) is 19.5 Å². The fourth-order valence-corrected chi connectivity index (χ4v) is 6.86. The van der Waals surface area contributed by atoms with Crippen molar-refractivity contribution in [3.8, 4) is 0 Å². The van der Waals surface area contributed by atoms with Crippen LogP contribution in [-0.4, -0.2) is 72.5 Å². The molecular weight excluding hydrogens is 511 g/mol. The van der Waals surface area contributed by atoms with Crippen molar-refractivity contribution in [2.45, 2.75) is 62.8 Å². The largest absolute Gasteiger partial charge is 0.341 e. The number of rotatable bonds is 7. The molecule has 2 saturated heterocycles. The number of nitrogens with zero attached hydrogens (tertiary/aromatic N) is 3. The van der Waals surface area contributed by atoms with Gasteiger partial charge in [0.1, 0.15) is 5.82 Å². The maximum atomic E-state index is 14.3. The van der Waals surface area contributed by atoms with E-state index in [1.54, 1.807) is 17.0 Å². The number of carbonyl (C=O) groups excluding carboxylic acids is 1. The third-order valence-electron chi connectivity index (χ3n) is 9.03. The molecule has 3 fully saturated rings. The third-order valence-corrected chi connectivity index (χ3v) is 9.39. The summed E-state index contributed by atoms with van der Waals surface area (Å²) >= 11 is 6.16. The Bertz CT molecular complexity index is 1110. The van der Waals surface area contributed by atoms with E-state index >= 15 is 0 Å². The van der Waals surface area contributed by atoms with Gasteiger partial charge in [-0.25, -0.2) is 13.2 Å². The maximum Gasteiger partial charge on any atom is 0.227 e. The van der Waals surface area contributed by atoms with Crippen LogP contribution in [0.2, 0.25) is 5.02 Å². The number of likely N-dealkylation sites (tertiary alicyclic amines) is 1. The van der Waals surface area contributed by atoms with Crippen LogP contribution in [-0.2, 0) is 16.6 Å². The number of hydrogen-bond acceptors (Lipinski definition) is 3. The predicted molar refractivity (Wildman–Crippen MR) is 144 cm³/mol. The van der Waals surface area contributed by atoms with Gasteiger partial charge >= 0.3 is 0 Å². The van der Waals surface area contributed by atoms with Crippen molar-refractivity contribution in [3.63, 3.8) is 0 Å². The summed E-state index contributed by atoms with van der Waals surface area (Å²) in [7, 11) is 0. The van der Waals surface area contributed by atoms with Crippen LogP contribution in [0.15, 0.2) is 36.4 Å². The number of benzene rings is 2. The van der Waals surface area contributed by atoms with Crippen LogP contribution in [0.25, 0.3) is 0 Å². The number of hydrogen-bond donors (Lipinski definition) is 0. The van der Waals surface area contributed by atoms with Gasteiger partial charge < -0.3 is 9.80 Å². The van der Waals surface area contributed by atoms with E-state index in [2.05, 4.69) is 9.80 Å². The van der Waals surface area contributed by atoms with E-state index in [9.17, 15) is 18.0 Å². The molecule has 38 heavy (non-hydrogen) atoms. The highest BCUT2D eigenvalue weighted by molar-refractivity contribution is 6.31. The third kappa shape index (κ3) is 6.05. The normalized spacial score (nSPS) is 23.7. The summed E-state index contributed by atoms with van der Waals surface area (Å²) in [5.41, 5.74) is 0.431. The van der Waals surface area contributed by atoms with E-state index < -0.39 is 22.9 Å². The average molecular weight is 548 g/mol. The Kier molecular flexibility index (Phi) is 8.65. The van der Waals surface area contributed by atoms with Crippen molar-refractivity contribution >= 4 is 17.5 Å². The number of piperazine rings is 1. The quantitative estimate of drug-likeness (QED) is 0.438. The van der Waals surface area contributed by atoms with Crippen molar-refractivity contribution in [1.29, 1.82) is 0 Å². The van der Waals surface area contributed by atoms with Gasteiger partial charge in [0.25, 0.3) is 0 Å². The van der Waals surface area contributed by atoms with Gasteiger partial charge in [-0.05, 0) is 62.1 Å². The Morgan fingerprint density at radius 2 is 1.68 bits per heavy atom. The molecule has 1 amide bonds. The molecule has 4 nitrogen and oxygen atoms in total. The van der Waals surface area contributed by atoms with E-state index in [4.69, 9.17) is 11.6 Å². The summed E-state index contributed by atoms with van der Waals surface area (Å²) in [5.74, 6) is -2.44. The lowest BCUT2D eigenvalue weighted by molar-refractivity contribution is -0.129. The van der Waals surface area contributed by atoms with Gasteiger partial charge in [-0.2, -0.15) is 0 Å². The molecule has 1 saturated carbocycles. The van der Waals surface area contributed by atoms with E-state index in [-0.39, 0.29) is 22.9 Å². The highest BCUT2D eigenvalue weighted by Crippen LogP contribution is 2.39. The highest BCUT2D eigenvalue weighted by atomic mass is 35.5. The molecule has 0 unspecified atom stereocenters. The second-order valence-corrected chi connectivity index (χ2v) is 11.7. The van der Waals surface area contributed by atoms with Gasteiger partial charge in [0, 0.05) is 61.3 Å². The van der Waals surface area contributed by atoms with Gasteiger partial charge in [-0.3, -0.25) is 9.69 Å². The Morgan fingerprint density at radius 3 is 2.39 bits per heavy atom. The zero-order chi connectivity index (χ0) is 26.7. The first-order valence-electron chi connectivity index (χ1n) is 14.0. The summed E-state index contributed by atoms with van der Waals surface area (Å²) in [6.45, 7) is 5.84. The molecule has 2 heterocycles. The fourth-order valence-electron chi connectivity index (χ4n) is 6.63. The Balaban J connectivity index is 1.26. The lowest BCUT2D eigenvalue weighted by Crippen LogP contribution is -2.51. The van der Waals surface area contributed by atoms with Crippen LogP contribution in [0.3, 0.4) is 0 Å². The summed E-state index contributed by atoms with van der Waals surface area (Å²) in [6.07, 6.45) is 7.91. The van der Waals surface area contributed by atoms with Crippen molar-refractivity contribution < 1.29 is 18.0 Å². The number of halogens is 4. The number of carbonyl (C=O) groups is 1. The van der Waals surface area contributed by atoms with Gasteiger partial charge in [-0.15, -0.1) is 0 Å². The molecule has 3 aliphatic rings. The fraction of sp³-hybridized carbons (Fsp3) is 0.567. The van der Waals surface area contributed by atoms with Gasteiger partial charge in [0.05, 0.1) is 6.42 Å². The first-order valence-corrected chi connectivity index (χ1v) is 14.3. The minimum absolute atomic E-state index is 0.123. The Labute approximate surface area is 228 Å². The van der Waals surface area contributed by atoms with Crippen LogP contribution < -0.4 is 0 Å². The first-order chi connectivity index (χ1) is 18.3. The average Bonchev–Trinajstić information content (AvgIpc) is 3.38. The van der Waals surface area contributed by atoms with Gasteiger partial charge in [0.15, 0.2) is 11.6 Å². The molecule has 2 aliphatic heterocycles. The van der Waals surface area contributed by atoms with Crippen LogP contribution in [0.5, 0.6) is 0 Å². The zero-order valence-corrected chi connectivity index (χ0v) is 22.7. The minimum Gasteiger partial charge on any atom is -0.341 e. The molecule has 0 aromatic heterocycles. The monoisotopic (exact) mass is 547 g/mol. The molecule has 1 atom stereocenters. The minimum atomic E-state index is -0.872. The SMILES string of the molecule is O=C(Cc1c(F)cccc1Cl)N1CC[C@@](CCN2CCN(C3CCCCC3)CC2)(c2ccc(F)c(F)c2)C1. The van der Waals surface area contributed by atoms with E-state index in [1.165, 1.54) is 56.4 Å². The molecule has 5 rings (SSSR count). The van der Waals surface area contributed by atoms with Crippen molar-refractivity contribution in [3.05, 3.63) is 70.0 Å². The standard InChI is InChI=1S/C30H37ClF3N3O/c31-25-7-4-8-26(32)24(25)20-29(38)37-14-12-30(21-37,22-9-10-27(33)28(34)19-22)11-13-35-15-17-36(18-16-35)23-5-2-1-3-6-23/h4,7-10,19,23H,1-3,5-6,11-18,20-21H2/t30-/m1/s1. The van der Waals surface area contributed by atoms with Gasteiger partial charge in [-0.1, -0.05) is 43.0 Å². The van der Waals surface area contributed by atoms with Crippen LogP contribution >= 0.6 is 11.6 Å². The lowest BCUT2D eigenvalue weighted by Gasteiger charge is -2.41. The van der Waals surface area contributed by atoms with Crippen molar-refractivity contribution in [2.75, 3.05) is 45.8 Å². The lowest BCUT2D eigenvalue weighted by atomic mass is 9.76.